The van der Waals surface area contributed by atoms with Gasteiger partial charge < -0.3 is 9.80 Å². The molecular formula is C14H23N5OS. The van der Waals surface area contributed by atoms with Crippen LogP contribution in [-0.2, 0) is 0 Å². The fourth-order valence-electron chi connectivity index (χ4n) is 2.31. The van der Waals surface area contributed by atoms with Crippen LogP contribution in [0, 0.1) is 0 Å². The van der Waals surface area contributed by atoms with Gasteiger partial charge in [0, 0.05) is 38.6 Å². The van der Waals surface area contributed by atoms with E-state index in [-0.39, 0.29) is 6.03 Å². The average molecular weight is 309 g/mol. The summed E-state index contributed by atoms with van der Waals surface area (Å²) in [7, 11) is 3.82. The van der Waals surface area contributed by atoms with Gasteiger partial charge in [0.05, 0.1) is 0 Å². The Hall–Kier alpha value is -1.50. The fraction of sp³-hybridized carbons (Fsp3) is 0.643. The van der Waals surface area contributed by atoms with Gasteiger partial charge in [-0.1, -0.05) is 6.42 Å². The van der Waals surface area contributed by atoms with Crippen molar-refractivity contribution in [3.05, 3.63) is 12.3 Å². The summed E-state index contributed by atoms with van der Waals surface area (Å²) in [6, 6.07) is 1.71. The maximum absolute atomic E-state index is 12.4. The van der Waals surface area contributed by atoms with Crippen molar-refractivity contribution in [2.24, 2.45) is 0 Å². The van der Waals surface area contributed by atoms with E-state index in [1.807, 2.05) is 41.7 Å². The topological polar surface area (TPSA) is 61.4 Å². The molecule has 0 spiro atoms. The van der Waals surface area contributed by atoms with Crippen molar-refractivity contribution in [1.82, 2.24) is 14.9 Å². The van der Waals surface area contributed by atoms with Crippen LogP contribution < -0.4 is 10.2 Å². The van der Waals surface area contributed by atoms with Crippen LogP contribution in [0.4, 0.5) is 16.6 Å². The summed E-state index contributed by atoms with van der Waals surface area (Å²) in [5.41, 5.74) is 0. The number of hydrogen-bond acceptors (Lipinski definition) is 5. The third kappa shape index (κ3) is 4.49. The Kier molecular flexibility index (Phi) is 5.67. The molecule has 1 aromatic rings. The maximum atomic E-state index is 12.4. The second-order valence-corrected chi connectivity index (χ2v) is 6.50. The second-order valence-electron chi connectivity index (χ2n) is 5.36. The summed E-state index contributed by atoms with van der Waals surface area (Å²) in [5.74, 6) is 1.13. The lowest BCUT2D eigenvalue weighted by Crippen LogP contribution is -2.39. The number of anilines is 2. The zero-order valence-electron chi connectivity index (χ0n) is 12.9. The molecule has 1 aliphatic heterocycles. The van der Waals surface area contributed by atoms with E-state index in [1.54, 1.807) is 6.20 Å². The lowest BCUT2D eigenvalue weighted by Gasteiger charge is -2.23. The minimum atomic E-state index is -0.105. The average Bonchev–Trinajstić information content (AvgIpc) is 2.73. The first-order valence-electron chi connectivity index (χ1n) is 7.19. The molecule has 0 bridgehead atoms. The molecule has 1 N–H and O–H groups in total. The van der Waals surface area contributed by atoms with Gasteiger partial charge in [-0.15, -0.1) is 0 Å². The van der Waals surface area contributed by atoms with Crippen molar-refractivity contribution in [1.29, 1.82) is 0 Å². The van der Waals surface area contributed by atoms with Crippen LogP contribution >= 0.6 is 11.8 Å². The molecule has 116 valence electrons. The van der Waals surface area contributed by atoms with Gasteiger partial charge in [0.25, 0.3) is 0 Å². The quantitative estimate of drug-likeness (QED) is 0.928. The number of nitrogens with zero attached hydrogens (tertiary/aromatic N) is 4. The predicted molar refractivity (Wildman–Crippen MR) is 88.1 cm³/mol. The third-order valence-corrected chi connectivity index (χ3v) is 4.62. The summed E-state index contributed by atoms with van der Waals surface area (Å²) >= 11 is 1.83. The summed E-state index contributed by atoms with van der Waals surface area (Å²) < 4.78 is 0. The van der Waals surface area contributed by atoms with Gasteiger partial charge in [0.2, 0.25) is 5.95 Å². The van der Waals surface area contributed by atoms with Gasteiger partial charge in [-0.3, -0.25) is 5.32 Å². The number of nitrogens with one attached hydrogen (secondary N) is 1. The SMILES string of the molecule is CSC1CCCCN(C(=O)Nc2nccc(N(C)C)n2)C1. The van der Waals surface area contributed by atoms with E-state index in [2.05, 4.69) is 21.5 Å². The van der Waals surface area contributed by atoms with Gasteiger partial charge in [0.15, 0.2) is 0 Å². The van der Waals surface area contributed by atoms with Crippen molar-refractivity contribution in [2.75, 3.05) is 43.7 Å². The second kappa shape index (κ2) is 7.49. The highest BCUT2D eigenvalue weighted by atomic mass is 32.2. The smallest absolute Gasteiger partial charge is 0.324 e. The van der Waals surface area contributed by atoms with Gasteiger partial charge in [-0.25, -0.2) is 9.78 Å². The molecule has 2 heterocycles. The lowest BCUT2D eigenvalue weighted by molar-refractivity contribution is 0.214. The summed E-state index contributed by atoms with van der Waals surface area (Å²) in [6.07, 6.45) is 7.18. The summed E-state index contributed by atoms with van der Waals surface area (Å²) in [4.78, 5) is 24.6. The number of aromatic nitrogens is 2. The Morgan fingerprint density at radius 1 is 1.48 bits per heavy atom. The first-order chi connectivity index (χ1) is 10.1. The number of likely N-dealkylation sites (tertiary alicyclic amines) is 1. The molecule has 2 rings (SSSR count). The first kappa shape index (κ1) is 15.9. The molecule has 1 saturated heterocycles. The molecule has 0 saturated carbocycles. The van der Waals surface area contributed by atoms with E-state index in [1.165, 1.54) is 12.8 Å². The van der Waals surface area contributed by atoms with E-state index < -0.39 is 0 Å². The summed E-state index contributed by atoms with van der Waals surface area (Å²) in [6.45, 7) is 1.59. The Bertz CT molecular complexity index is 482. The van der Waals surface area contributed by atoms with Crippen molar-refractivity contribution in [3.8, 4) is 0 Å². The molecule has 6 nitrogen and oxygen atoms in total. The lowest BCUT2D eigenvalue weighted by atomic mass is 10.2. The normalized spacial score (nSPS) is 19.0. The Balaban J connectivity index is 2.01. The molecule has 1 atom stereocenters. The molecule has 2 amide bonds. The molecule has 1 unspecified atom stereocenters. The number of amides is 2. The monoisotopic (exact) mass is 309 g/mol. The van der Waals surface area contributed by atoms with Gasteiger partial charge >= 0.3 is 6.03 Å². The Labute approximate surface area is 130 Å². The van der Waals surface area contributed by atoms with Crippen molar-refractivity contribution in [3.63, 3.8) is 0 Å². The first-order valence-corrected chi connectivity index (χ1v) is 8.48. The van der Waals surface area contributed by atoms with Crippen LogP contribution in [0.15, 0.2) is 12.3 Å². The molecule has 1 aromatic heterocycles. The number of carbonyl (C=O) groups is 1. The van der Waals surface area contributed by atoms with Crippen LogP contribution in [0.25, 0.3) is 0 Å². The van der Waals surface area contributed by atoms with Gasteiger partial charge in [0.1, 0.15) is 5.82 Å². The number of carbonyl (C=O) groups excluding carboxylic acids is 1. The van der Waals surface area contributed by atoms with Crippen LogP contribution in [0.1, 0.15) is 19.3 Å². The van der Waals surface area contributed by atoms with E-state index in [9.17, 15) is 4.79 Å². The maximum Gasteiger partial charge on any atom is 0.324 e. The summed E-state index contributed by atoms with van der Waals surface area (Å²) in [5, 5.41) is 3.33. The zero-order chi connectivity index (χ0) is 15.2. The third-order valence-electron chi connectivity index (χ3n) is 3.57. The van der Waals surface area contributed by atoms with E-state index in [0.717, 1.165) is 25.3 Å². The molecule has 7 heteroatoms. The highest BCUT2D eigenvalue weighted by Gasteiger charge is 2.22. The highest BCUT2D eigenvalue weighted by molar-refractivity contribution is 7.99. The number of urea groups is 1. The van der Waals surface area contributed by atoms with Crippen LogP contribution in [0.2, 0.25) is 0 Å². The molecule has 1 aliphatic rings. The van der Waals surface area contributed by atoms with Gasteiger partial charge in [-0.05, 0) is 25.2 Å². The fourth-order valence-corrected chi connectivity index (χ4v) is 3.04. The van der Waals surface area contributed by atoms with Crippen LogP contribution in [0.5, 0.6) is 0 Å². The molecular weight excluding hydrogens is 286 g/mol. The minimum absolute atomic E-state index is 0.105. The molecule has 1 fully saturated rings. The predicted octanol–water partition coefficient (Wildman–Crippen LogP) is 2.29. The van der Waals surface area contributed by atoms with Crippen molar-refractivity contribution >= 4 is 29.6 Å². The minimum Gasteiger partial charge on any atom is -0.363 e. The molecule has 21 heavy (non-hydrogen) atoms. The van der Waals surface area contributed by atoms with E-state index in [0.29, 0.717) is 11.2 Å². The molecule has 0 radical (unpaired) electrons. The highest BCUT2D eigenvalue weighted by Crippen LogP contribution is 2.20. The van der Waals surface area contributed by atoms with Crippen molar-refractivity contribution < 1.29 is 4.79 Å². The zero-order valence-corrected chi connectivity index (χ0v) is 13.7. The number of hydrogen-bond donors (Lipinski definition) is 1. The van der Waals surface area contributed by atoms with Crippen LogP contribution in [-0.4, -0.2) is 59.6 Å². The van der Waals surface area contributed by atoms with Gasteiger partial charge in [-0.2, -0.15) is 16.7 Å². The molecule has 0 aliphatic carbocycles. The Morgan fingerprint density at radius 3 is 3.00 bits per heavy atom. The van der Waals surface area contributed by atoms with E-state index in [4.69, 9.17) is 0 Å². The van der Waals surface area contributed by atoms with Crippen molar-refractivity contribution in [2.45, 2.75) is 24.5 Å². The van der Waals surface area contributed by atoms with E-state index >= 15 is 0 Å². The molecule has 0 aromatic carbocycles. The standard InChI is InChI=1S/C14H23N5OS/c1-18(2)12-7-8-15-13(16-12)17-14(20)19-9-5-4-6-11(10-19)21-3/h7-8,11H,4-6,9-10H2,1-3H3,(H,15,16,17,20). The largest absolute Gasteiger partial charge is 0.363 e. The van der Waals surface area contributed by atoms with Crippen LogP contribution in [0.3, 0.4) is 0 Å². The number of rotatable bonds is 3. The number of thioether (sulfide) groups is 1. The Morgan fingerprint density at radius 2 is 2.29 bits per heavy atom.